The molecule has 1 atom stereocenters. The van der Waals surface area contributed by atoms with E-state index in [1.165, 1.54) is 0 Å². The van der Waals surface area contributed by atoms with Crippen LogP contribution in [0.4, 0.5) is 0 Å². The minimum absolute atomic E-state index is 0.263. The first-order valence-corrected chi connectivity index (χ1v) is 13.2. The fourth-order valence-electron chi connectivity index (χ4n) is 4.67. The van der Waals surface area contributed by atoms with Crippen molar-refractivity contribution in [2.24, 2.45) is 11.7 Å². The number of primary amides is 1. The molecule has 0 bridgehead atoms. The second-order valence-electron chi connectivity index (χ2n) is 9.05. The zero-order valence-electron chi connectivity index (χ0n) is 20.0. The lowest BCUT2D eigenvalue weighted by Gasteiger charge is -2.33. The lowest BCUT2D eigenvalue weighted by Crippen LogP contribution is -2.48. The third kappa shape index (κ3) is 5.98. The van der Waals surface area contributed by atoms with Crippen LogP contribution in [0.5, 0.6) is 0 Å². The number of aromatic nitrogens is 2. The molecule has 3 aromatic rings. The Hall–Kier alpha value is -1.97. The van der Waals surface area contributed by atoms with Crippen LogP contribution >= 0.6 is 22.9 Å². The first kappa shape index (κ1) is 25.1. The van der Waals surface area contributed by atoms with Crippen molar-refractivity contribution in [2.75, 3.05) is 46.4 Å². The Bertz CT molecular complexity index is 1110. The van der Waals surface area contributed by atoms with Crippen molar-refractivity contribution < 1.29 is 9.53 Å². The normalized spacial score (nSPS) is 16.3. The van der Waals surface area contributed by atoms with Gasteiger partial charge in [-0.1, -0.05) is 37.1 Å². The lowest BCUT2D eigenvalue weighted by molar-refractivity contribution is -0.119. The van der Waals surface area contributed by atoms with Crippen molar-refractivity contribution in [3.63, 3.8) is 0 Å². The van der Waals surface area contributed by atoms with E-state index >= 15 is 0 Å². The molecule has 1 aromatic carbocycles. The van der Waals surface area contributed by atoms with Crippen LogP contribution in [0.15, 0.2) is 29.8 Å². The molecule has 1 amide bonds. The number of thiazole rings is 1. The van der Waals surface area contributed by atoms with Gasteiger partial charge in [0.05, 0.1) is 22.8 Å². The summed E-state index contributed by atoms with van der Waals surface area (Å²) in [7, 11) is 1.76. The third-order valence-corrected chi connectivity index (χ3v) is 7.85. The molecule has 1 fully saturated rings. The molecule has 7 nitrogen and oxygen atoms in total. The zero-order chi connectivity index (χ0) is 24.1. The van der Waals surface area contributed by atoms with E-state index < -0.39 is 0 Å². The van der Waals surface area contributed by atoms with Gasteiger partial charge in [0.2, 0.25) is 5.91 Å². The van der Waals surface area contributed by atoms with Crippen LogP contribution in [0.2, 0.25) is 5.02 Å². The maximum Gasteiger partial charge on any atom is 0.231 e. The number of nitrogens with two attached hydrogens (primary N) is 1. The molecule has 1 saturated heterocycles. The molecular weight excluding hydrogens is 470 g/mol. The molecule has 0 spiro atoms. The van der Waals surface area contributed by atoms with E-state index in [0.29, 0.717) is 12.5 Å². The largest absolute Gasteiger partial charge is 0.385 e. The van der Waals surface area contributed by atoms with Gasteiger partial charge in [-0.15, -0.1) is 11.3 Å². The maximum absolute atomic E-state index is 11.2. The number of fused-ring (bicyclic) bond motifs is 1. The van der Waals surface area contributed by atoms with Crippen LogP contribution < -0.4 is 5.73 Å². The van der Waals surface area contributed by atoms with E-state index in [9.17, 15) is 4.79 Å². The second kappa shape index (κ2) is 11.6. The fraction of sp³-hybridized carbons (Fsp3) is 0.520. The van der Waals surface area contributed by atoms with Gasteiger partial charge in [-0.05, 0) is 18.4 Å². The van der Waals surface area contributed by atoms with Crippen molar-refractivity contribution in [3.8, 4) is 10.6 Å². The zero-order valence-corrected chi connectivity index (χ0v) is 21.6. The molecule has 1 aliphatic heterocycles. The van der Waals surface area contributed by atoms with Crippen molar-refractivity contribution in [3.05, 3.63) is 40.5 Å². The van der Waals surface area contributed by atoms with Gasteiger partial charge in [-0.2, -0.15) is 0 Å². The van der Waals surface area contributed by atoms with Crippen LogP contribution in [0.3, 0.4) is 0 Å². The van der Waals surface area contributed by atoms with E-state index in [4.69, 9.17) is 27.1 Å². The number of amides is 1. The molecule has 1 unspecified atom stereocenters. The van der Waals surface area contributed by atoms with E-state index in [1.807, 2.05) is 12.1 Å². The quantitative estimate of drug-likeness (QED) is 0.426. The standard InChI is InChI=1S/C25H34ClN5O2S/c1-3-18(7-12-33-2)13-31-15-21(20-5-4-6-22(26)24(20)31)25-28-19(17-34-25)14-29-8-10-30(11-9-29)16-23(27)32/h4-6,15,17-18H,3,7-14,16H2,1-2H3,(H2,27,32). The highest BCUT2D eigenvalue weighted by molar-refractivity contribution is 7.13. The Morgan fingerprint density at radius 3 is 2.74 bits per heavy atom. The van der Waals surface area contributed by atoms with Crippen molar-refractivity contribution >= 4 is 39.7 Å². The number of ether oxygens (including phenoxy) is 1. The number of methoxy groups -OCH3 is 1. The molecule has 1 aliphatic rings. The Balaban J connectivity index is 1.51. The monoisotopic (exact) mass is 503 g/mol. The molecule has 34 heavy (non-hydrogen) atoms. The van der Waals surface area contributed by atoms with Crippen LogP contribution in [-0.2, 0) is 22.6 Å². The summed E-state index contributed by atoms with van der Waals surface area (Å²) in [5, 5.41) is 5.11. The van der Waals surface area contributed by atoms with E-state index in [1.54, 1.807) is 18.4 Å². The molecule has 2 N–H and O–H groups in total. The van der Waals surface area contributed by atoms with Crippen molar-refractivity contribution in [1.29, 1.82) is 0 Å². The number of halogens is 1. The Kier molecular flexibility index (Phi) is 8.60. The molecule has 4 rings (SSSR count). The summed E-state index contributed by atoms with van der Waals surface area (Å²) in [5.41, 5.74) is 8.63. The number of hydrogen-bond acceptors (Lipinski definition) is 6. The SMILES string of the molecule is CCC(CCOC)Cn1cc(-c2nc(CN3CCN(CC(N)=O)CC3)cs2)c2cccc(Cl)c21. The van der Waals surface area contributed by atoms with Crippen LogP contribution in [0.25, 0.3) is 21.5 Å². The summed E-state index contributed by atoms with van der Waals surface area (Å²) in [4.78, 5) is 20.7. The van der Waals surface area contributed by atoms with E-state index in [-0.39, 0.29) is 5.91 Å². The minimum atomic E-state index is -0.263. The highest BCUT2D eigenvalue weighted by Gasteiger charge is 2.21. The number of hydrogen-bond donors (Lipinski definition) is 1. The topological polar surface area (TPSA) is 76.6 Å². The highest BCUT2D eigenvalue weighted by Crippen LogP contribution is 2.36. The van der Waals surface area contributed by atoms with Crippen LogP contribution in [0, 0.1) is 5.92 Å². The van der Waals surface area contributed by atoms with E-state index in [2.05, 4.69) is 38.9 Å². The van der Waals surface area contributed by atoms with Gasteiger partial charge in [0.25, 0.3) is 0 Å². The molecule has 2 aromatic heterocycles. The average Bonchev–Trinajstić information content (AvgIpc) is 3.43. The molecule has 0 saturated carbocycles. The Morgan fingerprint density at radius 2 is 2.03 bits per heavy atom. The smallest absolute Gasteiger partial charge is 0.231 e. The summed E-state index contributed by atoms with van der Waals surface area (Å²) in [6, 6.07) is 6.12. The van der Waals surface area contributed by atoms with E-state index in [0.717, 1.165) is 90.9 Å². The minimum Gasteiger partial charge on any atom is -0.385 e. The third-order valence-electron chi connectivity index (χ3n) is 6.62. The molecule has 0 aliphatic carbocycles. The number of benzene rings is 1. The summed E-state index contributed by atoms with van der Waals surface area (Å²) in [6.45, 7) is 8.60. The van der Waals surface area contributed by atoms with Crippen LogP contribution in [0.1, 0.15) is 25.5 Å². The number of carbonyl (C=O) groups is 1. The van der Waals surface area contributed by atoms with Gasteiger partial charge in [0.1, 0.15) is 5.01 Å². The Labute approximate surface area is 210 Å². The van der Waals surface area contributed by atoms with Crippen molar-refractivity contribution in [2.45, 2.75) is 32.9 Å². The number of para-hydroxylation sites is 1. The summed E-state index contributed by atoms with van der Waals surface area (Å²) >= 11 is 8.36. The predicted molar refractivity (Wildman–Crippen MR) is 139 cm³/mol. The lowest BCUT2D eigenvalue weighted by atomic mass is 10.0. The summed E-state index contributed by atoms with van der Waals surface area (Å²) in [5.74, 6) is 0.264. The van der Waals surface area contributed by atoms with Gasteiger partial charge in [-0.25, -0.2) is 4.98 Å². The van der Waals surface area contributed by atoms with Gasteiger partial charge >= 0.3 is 0 Å². The van der Waals surface area contributed by atoms with Gasteiger partial charge in [-0.3, -0.25) is 14.6 Å². The first-order chi connectivity index (χ1) is 16.5. The maximum atomic E-state index is 11.2. The summed E-state index contributed by atoms with van der Waals surface area (Å²) < 4.78 is 7.62. The number of rotatable bonds is 11. The fourth-order valence-corrected chi connectivity index (χ4v) is 5.79. The van der Waals surface area contributed by atoms with Crippen molar-refractivity contribution in [1.82, 2.24) is 19.4 Å². The predicted octanol–water partition coefficient (Wildman–Crippen LogP) is 4.08. The molecule has 184 valence electrons. The highest BCUT2D eigenvalue weighted by atomic mass is 35.5. The number of nitrogens with zero attached hydrogens (tertiary/aromatic N) is 4. The molecule has 9 heteroatoms. The summed E-state index contributed by atoms with van der Waals surface area (Å²) in [6.07, 6.45) is 4.34. The van der Waals surface area contributed by atoms with Gasteiger partial charge in [0.15, 0.2) is 0 Å². The average molecular weight is 504 g/mol. The van der Waals surface area contributed by atoms with Gasteiger partial charge in [0, 0.05) is 75.5 Å². The number of carbonyl (C=O) groups excluding carboxylic acids is 1. The Morgan fingerprint density at radius 1 is 1.26 bits per heavy atom. The second-order valence-corrected chi connectivity index (χ2v) is 10.3. The number of piperazine rings is 1. The van der Waals surface area contributed by atoms with Gasteiger partial charge < -0.3 is 15.0 Å². The molecule has 3 heterocycles. The molecular formula is C25H34ClN5O2S. The first-order valence-electron chi connectivity index (χ1n) is 11.9. The molecule has 0 radical (unpaired) electrons. The van der Waals surface area contributed by atoms with Crippen LogP contribution in [-0.4, -0.2) is 71.7 Å².